The zero-order valence-corrected chi connectivity index (χ0v) is 19.3. The lowest BCUT2D eigenvalue weighted by molar-refractivity contribution is 0.196. The molecule has 1 saturated heterocycles. The maximum Gasteiger partial charge on any atom is 0.317 e. The van der Waals surface area contributed by atoms with E-state index >= 15 is 0 Å². The Bertz CT molecular complexity index is 998. The fraction of sp³-hybridized carbons (Fsp3) is 0.545. The van der Waals surface area contributed by atoms with Gasteiger partial charge in [-0.05, 0) is 57.2 Å². The van der Waals surface area contributed by atoms with Gasteiger partial charge in [0.1, 0.15) is 10.7 Å². The fourth-order valence-corrected chi connectivity index (χ4v) is 5.28. The van der Waals surface area contributed by atoms with Crippen LogP contribution in [0.4, 0.5) is 4.79 Å². The number of aryl methyl sites for hydroxylation is 2. The van der Waals surface area contributed by atoms with Crippen molar-refractivity contribution < 1.29 is 13.2 Å². The molecule has 164 valence electrons. The molecule has 2 aliphatic heterocycles. The number of carbonyl (C=O) groups is 1. The third-order valence-corrected chi connectivity index (χ3v) is 7.45. The number of amides is 2. The first-order valence-corrected chi connectivity index (χ1v) is 12.0. The standard InChI is InChI=1S/C22H32N4O3S/c1-6-17(4)23-22(27)26-11-7-10-25(12-13-26)21-18(5)20(30(28,29)24-21)19-9-8-15(2)16(3)14-19/h8-9,14,17H,6-7,10-13H2,1-5H3,(H,23,27)/t17-/m1/s1. The molecule has 0 aliphatic carbocycles. The van der Waals surface area contributed by atoms with Crippen LogP contribution in [-0.4, -0.2) is 62.3 Å². The SMILES string of the molecule is CC[C@@H](C)NC(=O)N1CCCN(C2=NS(=O)(=O)C(c3ccc(C)c(C)c3)=C2C)CC1. The summed E-state index contributed by atoms with van der Waals surface area (Å²) in [4.78, 5) is 16.6. The number of hydrogen-bond donors (Lipinski definition) is 1. The minimum atomic E-state index is -3.75. The average molecular weight is 433 g/mol. The van der Waals surface area contributed by atoms with Crippen LogP contribution < -0.4 is 5.32 Å². The first-order chi connectivity index (χ1) is 14.1. The van der Waals surface area contributed by atoms with Crippen molar-refractivity contribution in [3.8, 4) is 0 Å². The summed E-state index contributed by atoms with van der Waals surface area (Å²) in [5.41, 5.74) is 3.53. The zero-order chi connectivity index (χ0) is 22.1. The number of nitrogens with zero attached hydrogens (tertiary/aromatic N) is 3. The second kappa shape index (κ2) is 8.79. The van der Waals surface area contributed by atoms with Gasteiger partial charge in [0.2, 0.25) is 0 Å². The van der Waals surface area contributed by atoms with Gasteiger partial charge < -0.3 is 15.1 Å². The first kappa shape index (κ1) is 22.3. The van der Waals surface area contributed by atoms with Gasteiger partial charge >= 0.3 is 6.03 Å². The van der Waals surface area contributed by atoms with E-state index in [1.165, 1.54) is 0 Å². The Morgan fingerprint density at radius 2 is 1.87 bits per heavy atom. The number of nitrogens with one attached hydrogen (secondary N) is 1. The van der Waals surface area contributed by atoms with Crippen LogP contribution in [0.3, 0.4) is 0 Å². The molecule has 0 bridgehead atoms. The molecule has 1 aromatic rings. The monoisotopic (exact) mass is 432 g/mol. The van der Waals surface area contributed by atoms with Crippen molar-refractivity contribution in [2.45, 2.75) is 53.5 Å². The second-order valence-electron chi connectivity index (χ2n) is 8.23. The number of rotatable bonds is 3. The summed E-state index contributed by atoms with van der Waals surface area (Å²) in [7, 11) is -3.75. The summed E-state index contributed by atoms with van der Waals surface area (Å²) < 4.78 is 29.9. The Labute approximate surface area is 179 Å². The van der Waals surface area contributed by atoms with Gasteiger partial charge in [-0.25, -0.2) is 4.79 Å². The van der Waals surface area contributed by atoms with Crippen LogP contribution in [0.5, 0.6) is 0 Å². The van der Waals surface area contributed by atoms with Crippen LogP contribution in [0.25, 0.3) is 4.91 Å². The van der Waals surface area contributed by atoms with E-state index in [0.29, 0.717) is 43.2 Å². The number of carbonyl (C=O) groups excluding carboxylic acids is 1. The van der Waals surface area contributed by atoms with Gasteiger partial charge in [-0.1, -0.05) is 25.1 Å². The van der Waals surface area contributed by atoms with Crippen molar-refractivity contribution in [3.05, 3.63) is 40.5 Å². The van der Waals surface area contributed by atoms with Gasteiger partial charge in [-0.15, -0.1) is 4.40 Å². The summed E-state index contributed by atoms with van der Waals surface area (Å²) in [5, 5.41) is 3.00. The number of sulfonamides is 1. The van der Waals surface area contributed by atoms with E-state index in [1.54, 1.807) is 4.90 Å². The largest absolute Gasteiger partial charge is 0.354 e. The Balaban J connectivity index is 1.81. The van der Waals surface area contributed by atoms with Gasteiger partial charge in [0.05, 0.1) is 0 Å². The molecule has 0 saturated carbocycles. The molecule has 0 spiro atoms. The molecule has 2 heterocycles. The predicted molar refractivity (Wildman–Crippen MR) is 121 cm³/mol. The third-order valence-electron chi connectivity index (χ3n) is 5.97. The Hall–Kier alpha value is -2.35. The third kappa shape index (κ3) is 4.53. The van der Waals surface area contributed by atoms with Crippen LogP contribution in [0.2, 0.25) is 0 Å². The molecule has 8 heteroatoms. The highest BCUT2D eigenvalue weighted by Gasteiger charge is 2.34. The molecule has 0 unspecified atom stereocenters. The van der Waals surface area contributed by atoms with Crippen LogP contribution in [-0.2, 0) is 10.0 Å². The van der Waals surface area contributed by atoms with E-state index < -0.39 is 10.0 Å². The Morgan fingerprint density at radius 3 is 2.53 bits per heavy atom. The highest BCUT2D eigenvalue weighted by Crippen LogP contribution is 2.34. The first-order valence-electron chi connectivity index (χ1n) is 10.6. The van der Waals surface area contributed by atoms with E-state index in [0.717, 1.165) is 24.0 Å². The lowest BCUT2D eigenvalue weighted by Gasteiger charge is -2.25. The van der Waals surface area contributed by atoms with E-state index in [2.05, 4.69) is 9.71 Å². The molecule has 1 fully saturated rings. The van der Waals surface area contributed by atoms with E-state index in [4.69, 9.17) is 0 Å². The van der Waals surface area contributed by atoms with Gasteiger partial charge in [-0.3, -0.25) is 0 Å². The molecular formula is C22H32N4O3S. The summed E-state index contributed by atoms with van der Waals surface area (Å²) in [6, 6.07) is 5.77. The molecule has 0 radical (unpaired) electrons. The zero-order valence-electron chi connectivity index (χ0n) is 18.5. The summed E-state index contributed by atoms with van der Waals surface area (Å²) >= 11 is 0. The molecule has 1 aromatic carbocycles. The second-order valence-corrected chi connectivity index (χ2v) is 9.77. The summed E-state index contributed by atoms with van der Waals surface area (Å²) in [6.45, 7) is 12.2. The molecule has 3 rings (SSSR count). The summed E-state index contributed by atoms with van der Waals surface area (Å²) in [6.07, 6.45) is 1.64. The molecule has 2 amide bonds. The minimum absolute atomic E-state index is 0.0599. The van der Waals surface area contributed by atoms with Crippen molar-refractivity contribution in [3.63, 3.8) is 0 Å². The molecule has 7 nitrogen and oxygen atoms in total. The number of benzene rings is 1. The maximum atomic E-state index is 12.9. The topological polar surface area (TPSA) is 82.1 Å². The maximum absolute atomic E-state index is 12.9. The number of amidine groups is 1. The highest BCUT2D eigenvalue weighted by atomic mass is 32.2. The van der Waals surface area contributed by atoms with Crippen molar-refractivity contribution in [2.75, 3.05) is 26.2 Å². The van der Waals surface area contributed by atoms with Crippen LogP contribution >= 0.6 is 0 Å². The van der Waals surface area contributed by atoms with Crippen LogP contribution in [0, 0.1) is 13.8 Å². The van der Waals surface area contributed by atoms with Gasteiger partial charge in [-0.2, -0.15) is 8.42 Å². The Morgan fingerprint density at radius 1 is 1.13 bits per heavy atom. The molecule has 30 heavy (non-hydrogen) atoms. The predicted octanol–water partition coefficient (Wildman–Crippen LogP) is 3.29. The smallest absolute Gasteiger partial charge is 0.317 e. The number of urea groups is 1. The lowest BCUT2D eigenvalue weighted by atomic mass is 10.0. The van der Waals surface area contributed by atoms with Gasteiger partial charge in [0.15, 0.2) is 0 Å². The van der Waals surface area contributed by atoms with E-state index in [9.17, 15) is 13.2 Å². The van der Waals surface area contributed by atoms with Crippen molar-refractivity contribution in [1.82, 2.24) is 15.1 Å². The van der Waals surface area contributed by atoms with Crippen LogP contribution in [0.1, 0.15) is 50.3 Å². The quantitative estimate of drug-likeness (QED) is 0.795. The molecule has 1 atom stereocenters. The average Bonchev–Trinajstić information content (AvgIpc) is 2.85. The summed E-state index contributed by atoms with van der Waals surface area (Å²) in [5.74, 6) is 0.507. The molecular weight excluding hydrogens is 400 g/mol. The fourth-order valence-electron chi connectivity index (χ4n) is 3.80. The highest BCUT2D eigenvalue weighted by molar-refractivity contribution is 8.00. The lowest BCUT2D eigenvalue weighted by Crippen LogP contribution is -2.45. The molecule has 0 aromatic heterocycles. The van der Waals surface area contributed by atoms with E-state index in [1.807, 2.05) is 57.7 Å². The van der Waals surface area contributed by atoms with Crippen molar-refractivity contribution in [2.24, 2.45) is 4.40 Å². The van der Waals surface area contributed by atoms with Crippen molar-refractivity contribution >= 4 is 26.8 Å². The molecule has 1 N–H and O–H groups in total. The van der Waals surface area contributed by atoms with E-state index in [-0.39, 0.29) is 17.0 Å². The Kier molecular flexibility index (Phi) is 6.55. The minimum Gasteiger partial charge on any atom is -0.354 e. The van der Waals surface area contributed by atoms with Gasteiger partial charge in [0, 0.05) is 37.8 Å². The van der Waals surface area contributed by atoms with Crippen molar-refractivity contribution in [1.29, 1.82) is 0 Å². The van der Waals surface area contributed by atoms with Gasteiger partial charge in [0.25, 0.3) is 10.0 Å². The normalized spacial score (nSPS) is 20.1. The van der Waals surface area contributed by atoms with Crippen LogP contribution in [0.15, 0.2) is 28.2 Å². The molecule has 2 aliphatic rings. The number of hydrogen-bond acceptors (Lipinski definition) is 4.